The highest BCUT2D eigenvalue weighted by Crippen LogP contribution is 2.21. The highest BCUT2D eigenvalue weighted by molar-refractivity contribution is 5.75. The molecule has 25 heavy (non-hydrogen) atoms. The van der Waals surface area contributed by atoms with E-state index in [9.17, 15) is 4.79 Å². The predicted octanol–water partition coefficient (Wildman–Crippen LogP) is 6.08. The second-order valence-corrected chi connectivity index (χ2v) is 6.44. The number of benzene rings is 1. The first-order chi connectivity index (χ1) is 12.3. The Morgan fingerprint density at radius 1 is 0.880 bits per heavy atom. The van der Waals surface area contributed by atoms with Crippen LogP contribution in [0.1, 0.15) is 68.6 Å². The number of nitrogens with zero attached hydrogens (tertiary/aromatic N) is 1. The fourth-order valence-electron chi connectivity index (χ4n) is 2.79. The van der Waals surface area contributed by atoms with Crippen LogP contribution in [0.15, 0.2) is 42.6 Å². The van der Waals surface area contributed by atoms with E-state index in [0.717, 1.165) is 36.3 Å². The van der Waals surface area contributed by atoms with Crippen molar-refractivity contribution in [2.45, 2.75) is 58.3 Å². The molecule has 1 heterocycles. The Morgan fingerprint density at radius 2 is 1.56 bits per heavy atom. The molecule has 0 atom stereocenters. The molecule has 0 fully saturated rings. The molecular weight excluding hydrogens is 310 g/mol. The summed E-state index contributed by atoms with van der Waals surface area (Å²) in [6.45, 7) is 3.03. The van der Waals surface area contributed by atoms with Gasteiger partial charge in [-0.1, -0.05) is 51.9 Å². The quantitative estimate of drug-likeness (QED) is 0.347. The molecule has 1 aromatic heterocycles. The van der Waals surface area contributed by atoms with Gasteiger partial charge in [0.2, 0.25) is 0 Å². The molecule has 2 aromatic rings. The van der Waals surface area contributed by atoms with E-state index >= 15 is 0 Å². The van der Waals surface area contributed by atoms with Crippen LogP contribution in [0, 0.1) is 0 Å². The maximum Gasteiger partial charge on any atom is 0.151 e. The van der Waals surface area contributed by atoms with Gasteiger partial charge >= 0.3 is 0 Å². The molecule has 2 rings (SSSR count). The zero-order valence-electron chi connectivity index (χ0n) is 15.2. The number of carbonyl (C=O) groups is 1. The number of hydrogen-bond acceptors (Lipinski definition) is 3. The van der Waals surface area contributed by atoms with Gasteiger partial charge in [-0.25, -0.2) is 0 Å². The lowest BCUT2D eigenvalue weighted by Gasteiger charge is -2.07. The normalized spacial score (nSPS) is 10.6. The van der Waals surface area contributed by atoms with Gasteiger partial charge < -0.3 is 4.74 Å². The Hall–Kier alpha value is -2.16. The Balaban J connectivity index is 1.65. The lowest BCUT2D eigenvalue weighted by atomic mass is 10.1. The number of carbonyl (C=O) groups excluding carboxylic acids is 1. The summed E-state index contributed by atoms with van der Waals surface area (Å²) in [6.07, 6.45) is 12.9. The van der Waals surface area contributed by atoms with E-state index in [1.165, 1.54) is 44.9 Å². The maximum atomic E-state index is 10.7. The van der Waals surface area contributed by atoms with Crippen LogP contribution in [-0.2, 0) is 0 Å². The van der Waals surface area contributed by atoms with Crippen LogP contribution in [0.25, 0.3) is 11.3 Å². The van der Waals surface area contributed by atoms with Gasteiger partial charge in [0.15, 0.2) is 6.29 Å². The molecule has 0 amide bonds. The molecule has 0 radical (unpaired) electrons. The number of unbranched alkanes of at least 4 members (excludes halogenated alkanes) is 7. The fourth-order valence-corrected chi connectivity index (χ4v) is 2.79. The summed E-state index contributed by atoms with van der Waals surface area (Å²) in [6, 6.07) is 11.6. The summed E-state index contributed by atoms with van der Waals surface area (Å²) in [5.41, 5.74) is 2.48. The average Bonchev–Trinajstić information content (AvgIpc) is 2.67. The van der Waals surface area contributed by atoms with Crippen LogP contribution in [0.4, 0.5) is 0 Å². The lowest BCUT2D eigenvalue weighted by molar-refractivity contribution is 0.112. The van der Waals surface area contributed by atoms with E-state index in [1.807, 2.05) is 30.3 Å². The summed E-state index contributed by atoms with van der Waals surface area (Å²) in [5.74, 6) is 0.899. The molecule has 0 aliphatic carbocycles. The number of rotatable bonds is 12. The minimum atomic E-state index is 0.592. The average molecular weight is 339 g/mol. The van der Waals surface area contributed by atoms with E-state index < -0.39 is 0 Å². The summed E-state index contributed by atoms with van der Waals surface area (Å²) in [4.78, 5) is 15.0. The molecule has 0 aliphatic rings. The minimum Gasteiger partial charge on any atom is -0.494 e. The Kier molecular flexibility index (Phi) is 8.74. The van der Waals surface area contributed by atoms with Crippen molar-refractivity contribution in [2.75, 3.05) is 6.61 Å². The minimum absolute atomic E-state index is 0.592. The topological polar surface area (TPSA) is 39.2 Å². The third kappa shape index (κ3) is 7.08. The smallest absolute Gasteiger partial charge is 0.151 e. The monoisotopic (exact) mass is 339 g/mol. The van der Waals surface area contributed by atoms with Gasteiger partial charge in [-0.05, 0) is 42.8 Å². The van der Waals surface area contributed by atoms with Gasteiger partial charge in [-0.15, -0.1) is 0 Å². The van der Waals surface area contributed by atoms with E-state index in [1.54, 1.807) is 12.3 Å². The molecule has 0 N–H and O–H groups in total. The summed E-state index contributed by atoms with van der Waals surface area (Å²) >= 11 is 0. The Labute approximate surface area is 151 Å². The highest BCUT2D eigenvalue weighted by atomic mass is 16.5. The van der Waals surface area contributed by atoms with Crippen LogP contribution in [-0.4, -0.2) is 17.9 Å². The molecule has 3 nitrogen and oxygen atoms in total. The van der Waals surface area contributed by atoms with Crippen molar-refractivity contribution in [3.63, 3.8) is 0 Å². The number of ether oxygens (including phenoxy) is 1. The zero-order chi connectivity index (χ0) is 17.7. The van der Waals surface area contributed by atoms with Gasteiger partial charge in [0, 0.05) is 17.3 Å². The molecule has 0 bridgehead atoms. The number of pyridine rings is 1. The molecule has 0 saturated heterocycles. The van der Waals surface area contributed by atoms with Crippen molar-refractivity contribution in [3.05, 3.63) is 48.2 Å². The van der Waals surface area contributed by atoms with Gasteiger partial charge in [0.1, 0.15) is 5.75 Å². The number of hydrogen-bond donors (Lipinski definition) is 0. The molecule has 0 spiro atoms. The van der Waals surface area contributed by atoms with Gasteiger partial charge in [-0.2, -0.15) is 0 Å². The molecule has 1 aromatic carbocycles. The zero-order valence-corrected chi connectivity index (χ0v) is 15.2. The Morgan fingerprint density at radius 3 is 2.16 bits per heavy atom. The second-order valence-electron chi connectivity index (χ2n) is 6.44. The first kappa shape index (κ1) is 19.2. The van der Waals surface area contributed by atoms with Crippen molar-refractivity contribution in [2.24, 2.45) is 0 Å². The molecule has 0 aliphatic heterocycles. The third-order valence-corrected chi connectivity index (χ3v) is 4.34. The van der Waals surface area contributed by atoms with Gasteiger partial charge in [-0.3, -0.25) is 9.78 Å². The van der Waals surface area contributed by atoms with Crippen molar-refractivity contribution in [1.29, 1.82) is 0 Å². The maximum absolute atomic E-state index is 10.7. The molecule has 0 saturated carbocycles. The number of aldehydes is 1. The summed E-state index contributed by atoms with van der Waals surface area (Å²) in [7, 11) is 0. The molecule has 0 unspecified atom stereocenters. The van der Waals surface area contributed by atoms with E-state index in [4.69, 9.17) is 4.74 Å². The Bertz CT molecular complexity index is 605. The van der Waals surface area contributed by atoms with Crippen molar-refractivity contribution >= 4 is 6.29 Å². The standard InChI is InChI=1S/C22H29NO2/c1-2-3-4-5-6-7-8-9-16-25-21-13-11-20(12-14-21)22-15-10-19(18-24)17-23-22/h10-15,17-18H,2-9,16H2,1H3. The second kappa shape index (κ2) is 11.4. The first-order valence-electron chi connectivity index (χ1n) is 9.48. The molecule has 3 heteroatoms. The van der Waals surface area contributed by atoms with Crippen molar-refractivity contribution in [3.8, 4) is 17.0 Å². The SMILES string of the molecule is CCCCCCCCCCOc1ccc(-c2ccc(C=O)cn2)cc1. The van der Waals surface area contributed by atoms with Crippen molar-refractivity contribution < 1.29 is 9.53 Å². The van der Waals surface area contributed by atoms with Crippen LogP contribution >= 0.6 is 0 Å². The summed E-state index contributed by atoms with van der Waals surface area (Å²) in [5, 5.41) is 0. The van der Waals surface area contributed by atoms with Gasteiger partial charge in [0.25, 0.3) is 0 Å². The van der Waals surface area contributed by atoms with Crippen LogP contribution < -0.4 is 4.74 Å². The van der Waals surface area contributed by atoms with E-state index in [2.05, 4.69) is 11.9 Å². The first-order valence-corrected chi connectivity index (χ1v) is 9.48. The van der Waals surface area contributed by atoms with Crippen LogP contribution in [0.5, 0.6) is 5.75 Å². The van der Waals surface area contributed by atoms with Crippen molar-refractivity contribution in [1.82, 2.24) is 4.98 Å². The van der Waals surface area contributed by atoms with Gasteiger partial charge in [0.05, 0.1) is 12.3 Å². The van der Waals surface area contributed by atoms with E-state index in [0.29, 0.717) is 5.56 Å². The summed E-state index contributed by atoms with van der Waals surface area (Å²) < 4.78 is 5.81. The third-order valence-electron chi connectivity index (χ3n) is 4.34. The van der Waals surface area contributed by atoms with Crippen LogP contribution in [0.3, 0.4) is 0 Å². The molecular formula is C22H29NO2. The highest BCUT2D eigenvalue weighted by Gasteiger charge is 2.01. The lowest BCUT2D eigenvalue weighted by Crippen LogP contribution is -1.97. The largest absolute Gasteiger partial charge is 0.494 e. The fraction of sp³-hybridized carbons (Fsp3) is 0.455. The number of aromatic nitrogens is 1. The predicted molar refractivity (Wildman–Crippen MR) is 103 cm³/mol. The molecule has 134 valence electrons. The van der Waals surface area contributed by atoms with Crippen LogP contribution in [0.2, 0.25) is 0 Å². The van der Waals surface area contributed by atoms with E-state index in [-0.39, 0.29) is 0 Å².